The summed E-state index contributed by atoms with van der Waals surface area (Å²) in [6, 6.07) is 7.50. The van der Waals surface area contributed by atoms with Crippen molar-refractivity contribution in [1.82, 2.24) is 19.7 Å². The quantitative estimate of drug-likeness (QED) is 0.410. The molecule has 0 aliphatic carbocycles. The van der Waals surface area contributed by atoms with Crippen LogP contribution in [0.3, 0.4) is 0 Å². The second-order valence-corrected chi connectivity index (χ2v) is 8.61. The third kappa shape index (κ3) is 4.33. The van der Waals surface area contributed by atoms with Crippen LogP contribution in [-0.2, 0) is 0 Å². The van der Waals surface area contributed by atoms with E-state index in [0.29, 0.717) is 17.5 Å². The van der Waals surface area contributed by atoms with Gasteiger partial charge < -0.3 is 26.0 Å². The van der Waals surface area contributed by atoms with Crippen LogP contribution in [0.15, 0.2) is 24.3 Å². The average molecular weight is 412 g/mol. The highest BCUT2D eigenvalue weighted by Crippen LogP contribution is 2.38. The molecule has 0 fully saturated rings. The third-order valence-electron chi connectivity index (χ3n) is 5.19. The van der Waals surface area contributed by atoms with E-state index in [1.165, 1.54) is 0 Å². The molecule has 1 aromatic rings. The van der Waals surface area contributed by atoms with Gasteiger partial charge in [0.25, 0.3) is 0 Å². The Balaban J connectivity index is 2.19. The number of hydrogen-bond donors (Lipinski definition) is 4. The second kappa shape index (κ2) is 8.87. The SMILES string of the molecule is CC(C)c1nnc2c(Nc3ccc(N)cc3)nc(NC(CO)C(C)C)n(C(C)C)c1-2. The summed E-state index contributed by atoms with van der Waals surface area (Å²) in [6.45, 7) is 12.6. The number of rotatable bonds is 8. The van der Waals surface area contributed by atoms with E-state index < -0.39 is 0 Å². The van der Waals surface area contributed by atoms with Crippen molar-refractivity contribution in [2.45, 2.75) is 59.5 Å². The van der Waals surface area contributed by atoms with E-state index in [2.05, 4.69) is 66.9 Å². The Morgan fingerprint density at radius 1 is 1.03 bits per heavy atom. The molecule has 1 aromatic carbocycles. The maximum atomic E-state index is 9.88. The molecule has 0 saturated carbocycles. The molecule has 8 heteroatoms. The van der Waals surface area contributed by atoms with Gasteiger partial charge in [-0.05, 0) is 49.9 Å². The summed E-state index contributed by atoms with van der Waals surface area (Å²) in [5.74, 6) is 1.74. The van der Waals surface area contributed by atoms with Crippen LogP contribution in [0.2, 0.25) is 0 Å². The lowest BCUT2D eigenvalue weighted by Gasteiger charge is -2.28. The summed E-state index contributed by atoms with van der Waals surface area (Å²) < 4.78 is 2.13. The van der Waals surface area contributed by atoms with Gasteiger partial charge in [0.2, 0.25) is 5.95 Å². The number of hydrogen-bond acceptors (Lipinski definition) is 7. The molecule has 0 bridgehead atoms. The molecule has 8 nitrogen and oxygen atoms in total. The summed E-state index contributed by atoms with van der Waals surface area (Å²) in [7, 11) is 0. The third-order valence-corrected chi connectivity index (χ3v) is 5.19. The van der Waals surface area contributed by atoms with Crippen molar-refractivity contribution in [2.75, 3.05) is 23.0 Å². The van der Waals surface area contributed by atoms with Crippen molar-refractivity contribution in [1.29, 1.82) is 0 Å². The highest BCUT2D eigenvalue weighted by molar-refractivity contribution is 5.78. The number of benzene rings is 1. The van der Waals surface area contributed by atoms with Gasteiger partial charge in [-0.2, -0.15) is 10.1 Å². The fourth-order valence-electron chi connectivity index (χ4n) is 3.41. The lowest BCUT2D eigenvalue weighted by molar-refractivity contribution is 0.248. The fraction of sp³-hybridized carbons (Fsp3) is 0.500. The van der Waals surface area contributed by atoms with Gasteiger partial charge in [-0.1, -0.05) is 27.7 Å². The average Bonchev–Trinajstić information content (AvgIpc) is 3.12. The van der Waals surface area contributed by atoms with E-state index >= 15 is 0 Å². The van der Waals surface area contributed by atoms with E-state index in [4.69, 9.17) is 10.7 Å². The first-order valence-electron chi connectivity index (χ1n) is 10.5. The van der Waals surface area contributed by atoms with Crippen molar-refractivity contribution in [3.8, 4) is 11.4 Å². The lowest BCUT2D eigenvalue weighted by atomic mass is 10.0. The predicted molar refractivity (Wildman–Crippen MR) is 122 cm³/mol. The Labute approximate surface area is 178 Å². The first-order chi connectivity index (χ1) is 14.2. The molecule has 5 N–H and O–H groups in total. The van der Waals surface area contributed by atoms with Crippen molar-refractivity contribution < 1.29 is 5.11 Å². The van der Waals surface area contributed by atoms with E-state index in [1.54, 1.807) is 0 Å². The van der Waals surface area contributed by atoms with Gasteiger partial charge in [0.1, 0.15) is 0 Å². The number of aliphatic hydroxyl groups excluding tert-OH is 1. The van der Waals surface area contributed by atoms with Gasteiger partial charge in [-0.15, -0.1) is 5.10 Å². The topological polar surface area (TPSA) is 114 Å². The van der Waals surface area contributed by atoms with Gasteiger partial charge in [0.15, 0.2) is 11.5 Å². The fourth-order valence-corrected chi connectivity index (χ4v) is 3.41. The van der Waals surface area contributed by atoms with Crippen LogP contribution in [0.4, 0.5) is 23.1 Å². The number of anilines is 4. The minimum atomic E-state index is -0.122. The van der Waals surface area contributed by atoms with Gasteiger partial charge in [-0.25, -0.2) is 0 Å². The molecular formula is C22H33N7O. The molecule has 0 spiro atoms. The van der Waals surface area contributed by atoms with Gasteiger partial charge >= 0.3 is 0 Å². The standard InChI is InChI=1S/C22H33N7O/c1-12(2)17(11-30)25-22-26-21(24-16-9-7-15(23)8-10-16)19-20(29(22)14(5)6)18(13(3)4)27-28-19/h7-10,12-14,17,24,30H,11,23H2,1-6H3,(H,25,26). The van der Waals surface area contributed by atoms with E-state index in [1.807, 2.05) is 24.3 Å². The molecule has 1 atom stereocenters. The molecule has 1 unspecified atom stereocenters. The zero-order valence-corrected chi connectivity index (χ0v) is 18.6. The van der Waals surface area contributed by atoms with Crippen LogP contribution in [0.25, 0.3) is 11.4 Å². The number of fused-ring (bicyclic) bond motifs is 1. The molecule has 2 aliphatic heterocycles. The molecule has 0 radical (unpaired) electrons. The van der Waals surface area contributed by atoms with Gasteiger partial charge in [-0.3, -0.25) is 0 Å². The normalized spacial score (nSPS) is 12.9. The van der Waals surface area contributed by atoms with Crippen LogP contribution in [0, 0.1) is 5.92 Å². The first-order valence-corrected chi connectivity index (χ1v) is 10.5. The van der Waals surface area contributed by atoms with Crippen molar-refractivity contribution >= 4 is 23.1 Å². The number of nitrogen functional groups attached to an aromatic ring is 1. The van der Waals surface area contributed by atoms with E-state index in [0.717, 1.165) is 22.8 Å². The maximum Gasteiger partial charge on any atom is 0.205 e. The van der Waals surface area contributed by atoms with E-state index in [9.17, 15) is 5.11 Å². The Morgan fingerprint density at radius 3 is 2.23 bits per heavy atom. The Bertz CT molecular complexity index is 947. The molecular weight excluding hydrogens is 378 g/mol. The number of aliphatic hydroxyl groups is 1. The summed E-state index contributed by atoms with van der Waals surface area (Å²) >= 11 is 0. The van der Waals surface area contributed by atoms with Crippen LogP contribution >= 0.6 is 0 Å². The Kier molecular flexibility index (Phi) is 6.45. The van der Waals surface area contributed by atoms with Crippen molar-refractivity contribution in [2.24, 2.45) is 5.92 Å². The van der Waals surface area contributed by atoms with Crippen LogP contribution < -0.4 is 16.4 Å². The Hall–Kier alpha value is -2.87. The molecule has 2 aliphatic rings. The van der Waals surface area contributed by atoms with Crippen LogP contribution in [-0.4, -0.2) is 37.5 Å². The predicted octanol–water partition coefficient (Wildman–Crippen LogP) is 4.24. The van der Waals surface area contributed by atoms with Crippen molar-refractivity contribution in [3.63, 3.8) is 0 Å². The zero-order chi connectivity index (χ0) is 22.0. The molecule has 3 rings (SSSR count). The molecule has 0 aromatic heterocycles. The minimum absolute atomic E-state index is 0.0186. The minimum Gasteiger partial charge on any atom is -0.399 e. The van der Waals surface area contributed by atoms with E-state index in [-0.39, 0.29) is 30.5 Å². The molecule has 0 saturated heterocycles. The summed E-state index contributed by atoms with van der Waals surface area (Å²) in [6.07, 6.45) is 0. The number of nitrogens with zero attached hydrogens (tertiary/aromatic N) is 4. The van der Waals surface area contributed by atoms with Gasteiger partial charge in [0.05, 0.1) is 24.0 Å². The highest BCUT2D eigenvalue weighted by Gasteiger charge is 2.29. The lowest BCUT2D eigenvalue weighted by Crippen LogP contribution is -2.32. The summed E-state index contributed by atoms with van der Waals surface area (Å²) in [5.41, 5.74) is 9.98. The summed E-state index contributed by atoms with van der Waals surface area (Å²) in [4.78, 5) is 4.88. The zero-order valence-electron chi connectivity index (χ0n) is 18.6. The largest absolute Gasteiger partial charge is 0.399 e. The van der Waals surface area contributed by atoms with Crippen LogP contribution in [0.1, 0.15) is 59.2 Å². The number of aromatic nitrogens is 4. The van der Waals surface area contributed by atoms with Crippen molar-refractivity contribution in [3.05, 3.63) is 30.0 Å². The second-order valence-electron chi connectivity index (χ2n) is 8.61. The molecule has 162 valence electrons. The molecule has 0 amide bonds. The smallest absolute Gasteiger partial charge is 0.205 e. The van der Waals surface area contributed by atoms with Crippen LogP contribution in [0.5, 0.6) is 0 Å². The Morgan fingerprint density at radius 2 is 1.70 bits per heavy atom. The highest BCUT2D eigenvalue weighted by atomic mass is 16.3. The molecule has 30 heavy (non-hydrogen) atoms. The summed E-state index contributed by atoms with van der Waals surface area (Å²) in [5, 5.41) is 25.7. The monoisotopic (exact) mass is 411 g/mol. The van der Waals surface area contributed by atoms with Gasteiger partial charge in [0, 0.05) is 17.4 Å². The number of nitrogens with two attached hydrogens (primary N) is 1. The first kappa shape index (κ1) is 21.8. The maximum absolute atomic E-state index is 9.88. The molecule has 2 heterocycles. The number of nitrogens with one attached hydrogen (secondary N) is 2.